The Morgan fingerprint density at radius 3 is 1.53 bits per heavy atom. The highest BCUT2D eigenvalue weighted by atomic mass is 16.5. The van der Waals surface area contributed by atoms with Crippen LogP contribution >= 0.6 is 0 Å². The van der Waals surface area contributed by atoms with Crippen molar-refractivity contribution in [2.45, 2.75) is 147 Å². The minimum atomic E-state index is -1.17. The molecule has 0 aliphatic rings. The number of primary amides is 1. The summed E-state index contributed by atoms with van der Waals surface area (Å²) in [6, 6.07) is -2.56. The van der Waals surface area contributed by atoms with Crippen molar-refractivity contribution < 1.29 is 62.7 Å². The van der Waals surface area contributed by atoms with Gasteiger partial charge < -0.3 is 61.5 Å². The largest absolute Gasteiger partial charge is 0.480 e. The standard InChI is InChI=1S/C44H83N7O13/c1-3-4-5-6-7-8-9-10-11-12-13-14-15-19-40(55)51-36(44(59)60)20-21-39(54)48-23-25-61-27-30-64-34-42(57)49-24-26-62-28-29-63-33-41(56)47-22-17-16-18-35(46-2)38(53)31-50-37(32-52)43(45)58/h35-37,46,50,52H,3-34H2,1-2H3,(H2,45,58)(H,47,56)(H,48,54)(H,49,57)(H,51,55)(H,59,60)/t35-,36?,37?/m0/s1. The van der Waals surface area contributed by atoms with Crippen LogP contribution in [-0.2, 0) is 52.5 Å². The lowest BCUT2D eigenvalue weighted by atomic mass is 10.0. The quantitative estimate of drug-likeness (QED) is 0.0385. The number of aliphatic hydroxyl groups is 1. The lowest BCUT2D eigenvalue weighted by Crippen LogP contribution is -2.48. The van der Waals surface area contributed by atoms with E-state index in [0.29, 0.717) is 32.2 Å². The molecule has 372 valence electrons. The zero-order chi connectivity index (χ0) is 47.5. The summed E-state index contributed by atoms with van der Waals surface area (Å²) in [5, 5.41) is 34.8. The lowest BCUT2D eigenvalue weighted by molar-refractivity contribution is -0.142. The predicted octanol–water partition coefficient (Wildman–Crippen LogP) is 0.996. The molecule has 0 aliphatic carbocycles. The van der Waals surface area contributed by atoms with E-state index in [1.54, 1.807) is 7.05 Å². The molecule has 20 heteroatoms. The van der Waals surface area contributed by atoms with Crippen molar-refractivity contribution in [2.75, 3.05) is 92.7 Å². The molecule has 0 aromatic heterocycles. The number of carbonyl (C=O) groups excluding carboxylic acids is 6. The Morgan fingerprint density at radius 2 is 1.03 bits per heavy atom. The number of carboxylic acids is 1. The Kier molecular flexibility index (Phi) is 40.6. The van der Waals surface area contributed by atoms with Crippen molar-refractivity contribution in [1.82, 2.24) is 31.9 Å². The lowest BCUT2D eigenvalue weighted by Gasteiger charge is -2.17. The van der Waals surface area contributed by atoms with Gasteiger partial charge in [0.15, 0.2) is 5.78 Å². The first-order valence-electron chi connectivity index (χ1n) is 23.4. The molecule has 64 heavy (non-hydrogen) atoms. The van der Waals surface area contributed by atoms with Gasteiger partial charge in [-0.2, -0.15) is 0 Å². The van der Waals surface area contributed by atoms with Crippen LogP contribution in [0.4, 0.5) is 0 Å². The van der Waals surface area contributed by atoms with E-state index in [4.69, 9.17) is 29.8 Å². The molecule has 0 aromatic rings. The van der Waals surface area contributed by atoms with Crippen LogP contribution in [0.1, 0.15) is 129 Å². The highest BCUT2D eigenvalue weighted by Crippen LogP contribution is 2.13. The van der Waals surface area contributed by atoms with Gasteiger partial charge in [0.05, 0.1) is 58.8 Å². The second-order valence-electron chi connectivity index (χ2n) is 15.7. The number of nitrogens with two attached hydrogens (primary N) is 1. The molecule has 0 spiro atoms. The highest BCUT2D eigenvalue weighted by Gasteiger charge is 2.21. The van der Waals surface area contributed by atoms with Crippen molar-refractivity contribution in [2.24, 2.45) is 5.73 Å². The third-order valence-electron chi connectivity index (χ3n) is 10.2. The number of ether oxygens (including phenoxy) is 4. The van der Waals surface area contributed by atoms with E-state index in [2.05, 4.69) is 38.8 Å². The molecule has 10 N–H and O–H groups in total. The molecule has 0 fully saturated rings. The number of unbranched alkanes of at least 4 members (excludes halogenated alkanes) is 13. The fourth-order valence-electron chi connectivity index (χ4n) is 6.36. The van der Waals surface area contributed by atoms with Gasteiger partial charge in [0.2, 0.25) is 29.5 Å². The molecule has 0 aromatic carbocycles. The maximum Gasteiger partial charge on any atom is 0.326 e. The maximum atomic E-state index is 12.3. The predicted molar refractivity (Wildman–Crippen MR) is 241 cm³/mol. The molecular formula is C44H83N7O13. The number of Topliss-reactive ketones (excluding diaryl/α,β-unsaturated/α-hetero) is 1. The molecular weight excluding hydrogens is 835 g/mol. The van der Waals surface area contributed by atoms with Gasteiger partial charge in [-0.05, 0) is 39.2 Å². The van der Waals surface area contributed by atoms with E-state index in [-0.39, 0.29) is 121 Å². The molecule has 0 aliphatic heterocycles. The van der Waals surface area contributed by atoms with Crippen LogP contribution in [0.5, 0.6) is 0 Å². The minimum Gasteiger partial charge on any atom is -0.480 e. The van der Waals surface area contributed by atoms with Crippen molar-refractivity contribution >= 4 is 41.3 Å². The van der Waals surface area contributed by atoms with Gasteiger partial charge in [0.25, 0.3) is 0 Å². The second-order valence-corrected chi connectivity index (χ2v) is 15.7. The second kappa shape index (κ2) is 43.1. The van der Waals surface area contributed by atoms with Crippen molar-refractivity contribution in [1.29, 1.82) is 0 Å². The summed E-state index contributed by atoms with van der Waals surface area (Å²) in [4.78, 5) is 83.6. The number of hydrogen-bond acceptors (Lipinski definition) is 14. The zero-order valence-electron chi connectivity index (χ0n) is 38.8. The monoisotopic (exact) mass is 918 g/mol. The van der Waals surface area contributed by atoms with Crippen LogP contribution < -0.4 is 37.6 Å². The summed E-state index contributed by atoms with van der Waals surface area (Å²) in [5.41, 5.74) is 5.14. The van der Waals surface area contributed by atoms with E-state index >= 15 is 0 Å². The Hall–Kier alpha value is -3.79. The van der Waals surface area contributed by atoms with Gasteiger partial charge in [-0.1, -0.05) is 84.0 Å². The van der Waals surface area contributed by atoms with Crippen LogP contribution in [0.25, 0.3) is 0 Å². The van der Waals surface area contributed by atoms with E-state index in [1.807, 2.05) is 0 Å². The number of hydrogen-bond donors (Lipinski definition) is 9. The van der Waals surface area contributed by atoms with Gasteiger partial charge in [-0.15, -0.1) is 0 Å². The highest BCUT2D eigenvalue weighted by molar-refractivity contribution is 5.87. The van der Waals surface area contributed by atoms with Crippen LogP contribution in [-0.4, -0.2) is 162 Å². The van der Waals surface area contributed by atoms with Gasteiger partial charge in [-0.25, -0.2) is 4.79 Å². The molecule has 0 saturated carbocycles. The Balaban J connectivity index is 3.72. The van der Waals surface area contributed by atoms with Gasteiger partial charge in [-0.3, -0.25) is 34.1 Å². The number of amides is 5. The average molecular weight is 918 g/mol. The van der Waals surface area contributed by atoms with Crippen LogP contribution in [0.3, 0.4) is 0 Å². The molecule has 0 radical (unpaired) electrons. The molecule has 0 saturated heterocycles. The molecule has 0 heterocycles. The molecule has 2 unspecified atom stereocenters. The number of carbonyl (C=O) groups is 7. The summed E-state index contributed by atoms with van der Waals surface area (Å²) in [6.45, 7) is 3.39. The Labute approximate surface area is 380 Å². The summed E-state index contributed by atoms with van der Waals surface area (Å²) in [7, 11) is 1.65. The summed E-state index contributed by atoms with van der Waals surface area (Å²) in [5.74, 6) is -3.36. The smallest absolute Gasteiger partial charge is 0.326 e. The summed E-state index contributed by atoms with van der Waals surface area (Å²) in [6.07, 6.45) is 17.6. The van der Waals surface area contributed by atoms with Crippen LogP contribution in [0, 0.1) is 0 Å². The third-order valence-corrected chi connectivity index (χ3v) is 10.2. The van der Waals surface area contributed by atoms with E-state index in [1.165, 1.54) is 57.8 Å². The van der Waals surface area contributed by atoms with E-state index < -0.39 is 36.6 Å². The first-order chi connectivity index (χ1) is 30.9. The Morgan fingerprint density at radius 1 is 0.531 bits per heavy atom. The first kappa shape index (κ1) is 60.2. The number of likely N-dealkylation sites (N-methyl/N-ethyl adjacent to an activating group) is 1. The van der Waals surface area contributed by atoms with Gasteiger partial charge in [0.1, 0.15) is 25.3 Å². The molecule has 5 amide bonds. The van der Waals surface area contributed by atoms with Crippen LogP contribution in [0.2, 0.25) is 0 Å². The van der Waals surface area contributed by atoms with E-state index in [0.717, 1.165) is 19.3 Å². The fourth-order valence-corrected chi connectivity index (χ4v) is 6.36. The van der Waals surface area contributed by atoms with E-state index in [9.17, 15) is 38.7 Å². The number of nitrogens with one attached hydrogen (secondary N) is 6. The van der Waals surface area contributed by atoms with Crippen LogP contribution in [0.15, 0.2) is 0 Å². The fraction of sp³-hybridized carbons (Fsp3) is 0.841. The maximum absolute atomic E-state index is 12.3. The summed E-state index contributed by atoms with van der Waals surface area (Å²) < 4.78 is 21.4. The first-order valence-corrected chi connectivity index (χ1v) is 23.4. The Bertz CT molecular complexity index is 1260. The molecule has 3 atom stereocenters. The number of aliphatic hydroxyl groups excluding tert-OH is 1. The zero-order valence-corrected chi connectivity index (χ0v) is 38.8. The average Bonchev–Trinajstić information content (AvgIpc) is 3.26. The molecule has 20 nitrogen and oxygen atoms in total. The normalized spacial score (nSPS) is 12.5. The molecule has 0 bridgehead atoms. The van der Waals surface area contributed by atoms with Gasteiger partial charge >= 0.3 is 5.97 Å². The van der Waals surface area contributed by atoms with Crippen molar-refractivity contribution in [3.63, 3.8) is 0 Å². The molecule has 0 rings (SSSR count). The number of rotatable bonds is 47. The number of ketones is 1. The van der Waals surface area contributed by atoms with Crippen molar-refractivity contribution in [3.8, 4) is 0 Å². The topological polar surface area (TPSA) is 295 Å². The third kappa shape index (κ3) is 37.6. The SMILES string of the molecule is CCCCCCCCCCCCCCCC(=O)NC(CCC(=O)NCCOCCOCC(=O)NCCOCCOCC(=O)NCCCC[C@H](NC)C(=O)CNC(CO)C(N)=O)C(=O)O. The summed E-state index contributed by atoms with van der Waals surface area (Å²) >= 11 is 0. The minimum absolute atomic E-state index is 0.0181. The van der Waals surface area contributed by atoms with Gasteiger partial charge in [0, 0.05) is 32.5 Å². The number of carboxylic acid groups (broad SMARTS) is 1. The van der Waals surface area contributed by atoms with Crippen molar-refractivity contribution in [3.05, 3.63) is 0 Å². The number of aliphatic carboxylic acids is 1.